The van der Waals surface area contributed by atoms with Crippen LogP contribution in [0.15, 0.2) is 28.9 Å². The quantitative estimate of drug-likeness (QED) is 0.878. The summed E-state index contributed by atoms with van der Waals surface area (Å²) < 4.78 is 5.63. The average molecular weight is 250 g/mol. The zero-order valence-electron chi connectivity index (χ0n) is 9.71. The minimum absolute atomic E-state index is 0.107. The Morgan fingerprint density at radius 1 is 1.29 bits per heavy atom. The molecule has 2 aromatic rings. The van der Waals surface area contributed by atoms with Crippen molar-refractivity contribution in [1.82, 2.24) is 0 Å². The summed E-state index contributed by atoms with van der Waals surface area (Å²) in [5.74, 6) is 0. The van der Waals surface area contributed by atoms with Crippen LogP contribution in [0.3, 0.4) is 0 Å². The van der Waals surface area contributed by atoms with Crippen LogP contribution < -0.4 is 5.73 Å². The van der Waals surface area contributed by atoms with Gasteiger partial charge in [0, 0.05) is 27.9 Å². The summed E-state index contributed by atoms with van der Waals surface area (Å²) in [5.41, 5.74) is 8.27. The van der Waals surface area contributed by atoms with E-state index < -0.39 is 0 Å². The van der Waals surface area contributed by atoms with E-state index in [9.17, 15) is 0 Å². The molecule has 2 N–H and O–H groups in total. The SMILES string of the molecule is NCC1(c2coc3ccc(Cl)cc23)CCCC1. The maximum atomic E-state index is 6.07. The van der Waals surface area contributed by atoms with Gasteiger partial charge in [-0.1, -0.05) is 24.4 Å². The minimum atomic E-state index is 0.107. The number of hydrogen-bond donors (Lipinski definition) is 1. The van der Waals surface area contributed by atoms with E-state index >= 15 is 0 Å². The van der Waals surface area contributed by atoms with Crippen LogP contribution in [0, 0.1) is 0 Å². The minimum Gasteiger partial charge on any atom is -0.464 e. The van der Waals surface area contributed by atoms with E-state index in [1.807, 2.05) is 24.5 Å². The van der Waals surface area contributed by atoms with Crippen LogP contribution >= 0.6 is 11.6 Å². The molecule has 3 rings (SSSR count). The van der Waals surface area contributed by atoms with E-state index in [-0.39, 0.29) is 5.41 Å². The van der Waals surface area contributed by atoms with Crippen LogP contribution in [0.25, 0.3) is 11.0 Å². The van der Waals surface area contributed by atoms with Gasteiger partial charge in [-0.25, -0.2) is 0 Å². The largest absolute Gasteiger partial charge is 0.464 e. The third-order valence-electron chi connectivity index (χ3n) is 4.06. The molecular formula is C14H16ClNO. The fourth-order valence-electron chi connectivity index (χ4n) is 3.05. The smallest absolute Gasteiger partial charge is 0.134 e. The van der Waals surface area contributed by atoms with E-state index in [0.717, 1.165) is 28.8 Å². The Kier molecular flexibility index (Phi) is 2.64. The molecule has 1 heterocycles. The van der Waals surface area contributed by atoms with Gasteiger partial charge in [0.25, 0.3) is 0 Å². The van der Waals surface area contributed by atoms with Gasteiger partial charge in [-0.3, -0.25) is 0 Å². The Labute approximate surface area is 106 Å². The van der Waals surface area contributed by atoms with E-state index in [2.05, 4.69) is 0 Å². The number of furan rings is 1. The van der Waals surface area contributed by atoms with Gasteiger partial charge in [0.15, 0.2) is 0 Å². The molecule has 2 nitrogen and oxygen atoms in total. The zero-order valence-corrected chi connectivity index (χ0v) is 10.5. The molecule has 90 valence electrons. The van der Waals surface area contributed by atoms with Crippen LogP contribution in [-0.2, 0) is 5.41 Å². The highest BCUT2D eigenvalue weighted by Gasteiger charge is 2.36. The van der Waals surface area contributed by atoms with Crippen LogP contribution in [0.2, 0.25) is 5.02 Å². The summed E-state index contributed by atoms with van der Waals surface area (Å²) in [6.07, 6.45) is 6.70. The summed E-state index contributed by atoms with van der Waals surface area (Å²) in [6.45, 7) is 0.689. The molecule has 1 aliphatic carbocycles. The monoisotopic (exact) mass is 249 g/mol. The summed E-state index contributed by atoms with van der Waals surface area (Å²) in [6, 6.07) is 5.78. The Hall–Kier alpha value is -0.990. The molecule has 0 radical (unpaired) electrons. The van der Waals surface area contributed by atoms with Crippen molar-refractivity contribution in [3.8, 4) is 0 Å². The van der Waals surface area contributed by atoms with Gasteiger partial charge in [0.1, 0.15) is 5.58 Å². The predicted octanol–water partition coefficient (Wildman–Crippen LogP) is 3.86. The van der Waals surface area contributed by atoms with Gasteiger partial charge in [0.05, 0.1) is 6.26 Å². The first-order valence-electron chi connectivity index (χ1n) is 6.12. The predicted molar refractivity (Wildman–Crippen MR) is 70.4 cm³/mol. The number of hydrogen-bond acceptors (Lipinski definition) is 2. The van der Waals surface area contributed by atoms with Gasteiger partial charge in [-0.15, -0.1) is 0 Å². The molecule has 1 aromatic heterocycles. The maximum Gasteiger partial charge on any atom is 0.134 e. The fraction of sp³-hybridized carbons (Fsp3) is 0.429. The molecule has 0 spiro atoms. The molecule has 1 saturated carbocycles. The second-order valence-corrected chi connectivity index (χ2v) is 5.42. The number of nitrogens with two attached hydrogens (primary N) is 1. The highest BCUT2D eigenvalue weighted by atomic mass is 35.5. The summed E-state index contributed by atoms with van der Waals surface area (Å²) in [5, 5.41) is 1.88. The molecule has 1 aromatic carbocycles. The van der Waals surface area contributed by atoms with Crippen molar-refractivity contribution >= 4 is 22.6 Å². The topological polar surface area (TPSA) is 39.2 Å². The van der Waals surface area contributed by atoms with E-state index in [0.29, 0.717) is 6.54 Å². The number of fused-ring (bicyclic) bond motifs is 1. The van der Waals surface area contributed by atoms with Crippen LogP contribution in [0.4, 0.5) is 0 Å². The lowest BCUT2D eigenvalue weighted by Crippen LogP contribution is -2.31. The Bertz CT molecular complexity index is 540. The lowest BCUT2D eigenvalue weighted by atomic mass is 9.79. The lowest BCUT2D eigenvalue weighted by molar-refractivity contribution is 0.448. The second-order valence-electron chi connectivity index (χ2n) is 4.98. The second kappa shape index (κ2) is 4.04. The fourth-order valence-corrected chi connectivity index (χ4v) is 3.22. The third-order valence-corrected chi connectivity index (χ3v) is 4.29. The van der Waals surface area contributed by atoms with Crippen molar-refractivity contribution in [2.24, 2.45) is 5.73 Å². The summed E-state index contributed by atoms with van der Waals surface area (Å²) in [7, 11) is 0. The first kappa shape index (κ1) is 11.1. The zero-order chi connectivity index (χ0) is 11.9. The van der Waals surface area contributed by atoms with Crippen molar-refractivity contribution in [2.45, 2.75) is 31.1 Å². The van der Waals surface area contributed by atoms with Crippen LogP contribution in [0.1, 0.15) is 31.2 Å². The average Bonchev–Trinajstić information content (AvgIpc) is 2.94. The Balaban J connectivity index is 2.19. The molecule has 0 unspecified atom stereocenters. The molecule has 0 bridgehead atoms. The molecule has 3 heteroatoms. The number of rotatable bonds is 2. The lowest BCUT2D eigenvalue weighted by Gasteiger charge is -2.26. The number of benzene rings is 1. The molecular weight excluding hydrogens is 234 g/mol. The molecule has 0 atom stereocenters. The Morgan fingerprint density at radius 2 is 2.06 bits per heavy atom. The van der Waals surface area contributed by atoms with Crippen LogP contribution in [0.5, 0.6) is 0 Å². The molecule has 0 saturated heterocycles. The van der Waals surface area contributed by atoms with E-state index in [1.54, 1.807) is 0 Å². The summed E-state index contributed by atoms with van der Waals surface area (Å²) in [4.78, 5) is 0. The molecule has 0 aliphatic heterocycles. The normalized spacial score (nSPS) is 18.9. The van der Waals surface area contributed by atoms with Gasteiger partial charge in [-0.2, -0.15) is 0 Å². The molecule has 0 amide bonds. The molecule has 1 aliphatic rings. The van der Waals surface area contributed by atoms with Gasteiger partial charge in [-0.05, 0) is 31.0 Å². The van der Waals surface area contributed by atoms with Crippen molar-refractivity contribution in [2.75, 3.05) is 6.54 Å². The molecule has 1 fully saturated rings. The third kappa shape index (κ3) is 1.67. The van der Waals surface area contributed by atoms with Gasteiger partial charge >= 0.3 is 0 Å². The maximum absolute atomic E-state index is 6.07. The standard InChI is InChI=1S/C14H16ClNO/c15-10-3-4-13-11(7-10)12(8-17-13)14(9-16)5-1-2-6-14/h3-4,7-8H,1-2,5-6,9,16H2. The first-order chi connectivity index (χ1) is 8.25. The Morgan fingerprint density at radius 3 is 2.76 bits per heavy atom. The molecule has 17 heavy (non-hydrogen) atoms. The van der Waals surface area contributed by atoms with Gasteiger partial charge < -0.3 is 10.2 Å². The number of halogens is 1. The van der Waals surface area contributed by atoms with Crippen molar-refractivity contribution in [3.63, 3.8) is 0 Å². The van der Waals surface area contributed by atoms with Crippen LogP contribution in [-0.4, -0.2) is 6.54 Å². The van der Waals surface area contributed by atoms with Crippen molar-refractivity contribution < 1.29 is 4.42 Å². The van der Waals surface area contributed by atoms with E-state index in [1.165, 1.54) is 18.4 Å². The first-order valence-corrected chi connectivity index (χ1v) is 6.50. The van der Waals surface area contributed by atoms with Crippen molar-refractivity contribution in [1.29, 1.82) is 0 Å². The van der Waals surface area contributed by atoms with Crippen molar-refractivity contribution in [3.05, 3.63) is 35.0 Å². The van der Waals surface area contributed by atoms with E-state index in [4.69, 9.17) is 21.8 Å². The highest BCUT2D eigenvalue weighted by Crippen LogP contribution is 2.44. The highest BCUT2D eigenvalue weighted by molar-refractivity contribution is 6.31. The summed E-state index contributed by atoms with van der Waals surface area (Å²) >= 11 is 6.07. The van der Waals surface area contributed by atoms with Gasteiger partial charge in [0.2, 0.25) is 0 Å².